The van der Waals surface area contributed by atoms with Gasteiger partial charge in [0.1, 0.15) is 27.3 Å². The summed E-state index contributed by atoms with van der Waals surface area (Å²) >= 11 is 5.88. The van der Waals surface area contributed by atoms with Gasteiger partial charge in [0.2, 0.25) is 0 Å². The Morgan fingerprint density at radius 2 is 2.13 bits per heavy atom. The van der Waals surface area contributed by atoms with E-state index >= 15 is 0 Å². The lowest BCUT2D eigenvalue weighted by molar-refractivity contribution is 0.701. The summed E-state index contributed by atoms with van der Waals surface area (Å²) in [4.78, 5) is 0.971. The Hall–Kier alpha value is -0.880. The molecule has 0 aliphatic carbocycles. The summed E-state index contributed by atoms with van der Waals surface area (Å²) < 4.78 is 10.9. The molecule has 3 nitrogen and oxygen atoms in total. The maximum atomic E-state index is 10.9. The maximum absolute atomic E-state index is 10.9. The van der Waals surface area contributed by atoms with Crippen LogP contribution in [-0.4, -0.2) is 4.21 Å². The first-order chi connectivity index (χ1) is 7.21. The maximum Gasteiger partial charge on any atom is 0.130 e. The third kappa shape index (κ3) is 2.05. The van der Waals surface area contributed by atoms with Crippen LogP contribution in [0.3, 0.4) is 0 Å². The topological polar surface area (TPSA) is 64.7 Å². The average molecular weight is 259 g/mol. The van der Waals surface area contributed by atoms with E-state index in [0.717, 1.165) is 11.3 Å². The number of allylic oxidation sites excluding steroid dienone is 4. The zero-order valence-electron chi connectivity index (χ0n) is 7.91. The highest BCUT2D eigenvalue weighted by Gasteiger charge is 2.28. The van der Waals surface area contributed by atoms with Crippen LogP contribution in [0.5, 0.6) is 0 Å². The van der Waals surface area contributed by atoms with Gasteiger partial charge in [-0.05, 0) is 15.9 Å². The number of hydrogen-bond donors (Lipinski definition) is 0. The van der Waals surface area contributed by atoms with Crippen LogP contribution in [0.25, 0.3) is 0 Å². The van der Waals surface area contributed by atoms with Gasteiger partial charge in [-0.2, -0.15) is 10.5 Å². The van der Waals surface area contributed by atoms with E-state index in [9.17, 15) is 4.21 Å². The highest BCUT2D eigenvalue weighted by molar-refractivity contribution is 8.35. The highest BCUT2D eigenvalue weighted by atomic mass is 35.5. The third-order valence-electron chi connectivity index (χ3n) is 1.87. The van der Waals surface area contributed by atoms with E-state index in [-0.39, 0.29) is 9.94 Å². The lowest BCUT2D eigenvalue weighted by atomic mass is 10.2. The standard InChI is InChI=1S/C9H7ClN2OS2/c1-2-3-7-6(4-11)9(10)8(5-12)15(7)14-13/h2-3H2,1H3. The zero-order chi connectivity index (χ0) is 11.4. The number of halogens is 1. The van der Waals surface area contributed by atoms with Crippen molar-refractivity contribution in [3.8, 4) is 12.1 Å². The van der Waals surface area contributed by atoms with Crippen molar-refractivity contribution in [3.63, 3.8) is 0 Å². The van der Waals surface area contributed by atoms with Gasteiger partial charge < -0.3 is 0 Å². The van der Waals surface area contributed by atoms with Crippen molar-refractivity contribution in [2.24, 2.45) is 0 Å². The molecule has 0 spiro atoms. The second-order valence-corrected chi connectivity index (χ2v) is 6.11. The van der Waals surface area contributed by atoms with Gasteiger partial charge in [-0.3, -0.25) is 0 Å². The molecule has 1 rings (SSSR count). The Morgan fingerprint density at radius 1 is 1.47 bits per heavy atom. The van der Waals surface area contributed by atoms with Gasteiger partial charge in [0.15, 0.2) is 0 Å². The van der Waals surface area contributed by atoms with Crippen LogP contribution < -0.4 is 0 Å². The van der Waals surface area contributed by atoms with Gasteiger partial charge in [0.05, 0.1) is 10.6 Å². The Morgan fingerprint density at radius 3 is 2.53 bits per heavy atom. The summed E-state index contributed by atoms with van der Waals surface area (Å²) in [6, 6.07) is 3.88. The molecule has 0 aromatic heterocycles. The Labute approximate surface area is 98.3 Å². The average Bonchev–Trinajstić information content (AvgIpc) is 2.50. The Kier molecular flexibility index (Phi) is 4.28. The molecule has 0 amide bonds. The van der Waals surface area contributed by atoms with Gasteiger partial charge in [-0.1, -0.05) is 24.9 Å². The van der Waals surface area contributed by atoms with Gasteiger partial charge in [-0.15, -0.1) is 0 Å². The first-order valence-corrected chi connectivity index (χ1v) is 7.05. The molecular weight excluding hydrogens is 252 g/mol. The predicted octanol–water partition coefficient (Wildman–Crippen LogP) is 2.30. The number of rotatable bonds is 2. The fourth-order valence-corrected chi connectivity index (χ4v) is 4.66. The van der Waals surface area contributed by atoms with E-state index in [1.165, 1.54) is 0 Å². The summed E-state index contributed by atoms with van der Waals surface area (Å²) in [6.07, 6.45) is 1.47. The van der Waals surface area contributed by atoms with E-state index in [1.807, 2.05) is 19.1 Å². The van der Waals surface area contributed by atoms with Crippen molar-refractivity contribution < 1.29 is 4.21 Å². The molecule has 6 heteroatoms. The molecule has 0 N–H and O–H groups in total. The minimum atomic E-state index is -0.865. The molecule has 1 atom stereocenters. The van der Waals surface area contributed by atoms with Crippen molar-refractivity contribution >= 4 is 31.3 Å². The molecule has 0 saturated heterocycles. The Balaban J connectivity index is 3.42. The van der Waals surface area contributed by atoms with E-state index < -0.39 is 9.45 Å². The monoisotopic (exact) mass is 258 g/mol. The zero-order valence-corrected chi connectivity index (χ0v) is 10.3. The van der Waals surface area contributed by atoms with Crippen molar-refractivity contribution in [2.75, 3.05) is 0 Å². The third-order valence-corrected chi connectivity index (χ3v) is 5.53. The van der Waals surface area contributed by atoms with Gasteiger partial charge in [0, 0.05) is 4.91 Å². The molecule has 1 aliphatic rings. The first-order valence-electron chi connectivity index (χ1n) is 4.19. The van der Waals surface area contributed by atoms with Crippen LogP contribution >= 0.6 is 11.6 Å². The molecule has 1 unspecified atom stereocenters. The molecule has 0 aromatic carbocycles. The molecule has 0 fully saturated rings. The van der Waals surface area contributed by atoms with E-state index in [4.69, 9.17) is 22.1 Å². The molecule has 0 radical (unpaired) electrons. The quantitative estimate of drug-likeness (QED) is 0.763. The minimum Gasteiger partial charge on any atom is -0.205 e. The molecular formula is C9H7ClN2OS2. The minimum absolute atomic E-state index is 0.162. The van der Waals surface area contributed by atoms with E-state index in [2.05, 4.69) is 0 Å². The Bertz CT molecular complexity index is 501. The molecule has 0 bridgehead atoms. The number of nitriles is 2. The molecule has 0 aromatic rings. The summed E-state index contributed by atoms with van der Waals surface area (Å²) in [7, 11) is -0.525. The second kappa shape index (κ2) is 5.27. The van der Waals surface area contributed by atoms with Crippen molar-refractivity contribution in [3.05, 3.63) is 20.4 Å². The second-order valence-electron chi connectivity index (χ2n) is 2.75. The van der Waals surface area contributed by atoms with Crippen LogP contribution in [0.4, 0.5) is 0 Å². The van der Waals surface area contributed by atoms with Crippen molar-refractivity contribution in [1.82, 2.24) is 0 Å². The highest BCUT2D eigenvalue weighted by Crippen LogP contribution is 2.37. The molecule has 15 heavy (non-hydrogen) atoms. The SMILES string of the molecule is CCCC1=C(C#N)C(Cl)=C(C#N)S1=S=O. The van der Waals surface area contributed by atoms with Crippen LogP contribution in [0.15, 0.2) is 20.4 Å². The smallest absolute Gasteiger partial charge is 0.130 e. The van der Waals surface area contributed by atoms with Gasteiger partial charge in [0.25, 0.3) is 0 Å². The van der Waals surface area contributed by atoms with Crippen LogP contribution in [0, 0.1) is 22.7 Å². The first kappa shape index (κ1) is 12.2. The summed E-state index contributed by atoms with van der Waals surface area (Å²) in [5, 5.41) is 17.9. The molecule has 0 saturated carbocycles. The van der Waals surface area contributed by atoms with Crippen molar-refractivity contribution in [1.29, 1.82) is 10.5 Å². The molecule has 1 heterocycles. The predicted molar refractivity (Wildman–Crippen MR) is 61.5 cm³/mol. The molecule has 1 aliphatic heterocycles. The lowest BCUT2D eigenvalue weighted by Gasteiger charge is -2.00. The number of hydrogen-bond acceptors (Lipinski definition) is 3. The summed E-state index contributed by atoms with van der Waals surface area (Å²) in [6.45, 7) is 1.96. The van der Waals surface area contributed by atoms with E-state index in [1.54, 1.807) is 0 Å². The van der Waals surface area contributed by atoms with Crippen LogP contribution in [0.1, 0.15) is 19.8 Å². The van der Waals surface area contributed by atoms with Crippen LogP contribution in [0.2, 0.25) is 0 Å². The fourth-order valence-electron chi connectivity index (χ4n) is 1.26. The normalized spacial score (nSPS) is 20.1. The van der Waals surface area contributed by atoms with Crippen LogP contribution in [-0.2, 0) is 19.7 Å². The van der Waals surface area contributed by atoms with Gasteiger partial charge >= 0.3 is 0 Å². The largest absolute Gasteiger partial charge is 0.205 e. The lowest BCUT2D eigenvalue weighted by Crippen LogP contribution is -1.92. The molecule has 78 valence electrons. The number of nitrogens with zero attached hydrogens (tertiary/aromatic N) is 2. The van der Waals surface area contributed by atoms with E-state index in [0.29, 0.717) is 22.2 Å². The van der Waals surface area contributed by atoms with Crippen molar-refractivity contribution in [2.45, 2.75) is 19.8 Å². The summed E-state index contributed by atoms with van der Waals surface area (Å²) in [5.41, 5.74) is 0.321. The summed E-state index contributed by atoms with van der Waals surface area (Å²) in [5.74, 6) is 0. The van der Waals surface area contributed by atoms with Gasteiger partial charge in [-0.25, -0.2) is 4.21 Å². The fraction of sp³-hybridized carbons (Fsp3) is 0.333.